The van der Waals surface area contributed by atoms with Crippen LogP contribution in [0.4, 0.5) is 13.2 Å². The molecule has 0 aromatic carbocycles. The summed E-state index contributed by atoms with van der Waals surface area (Å²) in [5, 5.41) is 2.49. The summed E-state index contributed by atoms with van der Waals surface area (Å²) in [5.74, 6) is -0.559. The number of nitrogens with two attached hydrogens (primary N) is 2. The van der Waals surface area contributed by atoms with Crippen molar-refractivity contribution in [1.82, 2.24) is 5.32 Å². The first-order valence-corrected chi connectivity index (χ1v) is 3.80. The molecule has 0 bridgehead atoms. The van der Waals surface area contributed by atoms with Crippen LogP contribution in [0.15, 0.2) is 9.98 Å². The number of hydrogen-bond donors (Lipinski definition) is 3. The molecule has 82 valence electrons. The van der Waals surface area contributed by atoms with Crippen molar-refractivity contribution in [2.45, 2.75) is 13.1 Å². The number of nitrogens with one attached hydrogen (secondary N) is 1. The zero-order valence-electron chi connectivity index (χ0n) is 7.60. The average Bonchev–Trinajstić information content (AvgIpc) is 1.98. The molecule has 8 heteroatoms. The summed E-state index contributed by atoms with van der Waals surface area (Å²) in [6, 6.07) is 0. The van der Waals surface area contributed by atoms with E-state index in [0.717, 1.165) is 0 Å². The van der Waals surface area contributed by atoms with Gasteiger partial charge >= 0.3 is 6.18 Å². The lowest BCUT2D eigenvalue weighted by atomic mass is 10.6. The van der Waals surface area contributed by atoms with Gasteiger partial charge in [-0.05, 0) is 6.92 Å². The van der Waals surface area contributed by atoms with E-state index in [2.05, 4.69) is 15.3 Å². The average molecular weight is 211 g/mol. The Kier molecular flexibility index (Phi) is 4.74. The highest BCUT2D eigenvalue weighted by Gasteiger charge is 2.26. The van der Waals surface area contributed by atoms with E-state index in [4.69, 9.17) is 11.5 Å². The Morgan fingerprint density at radius 1 is 1.36 bits per heavy atom. The van der Waals surface area contributed by atoms with Crippen molar-refractivity contribution in [2.75, 3.05) is 13.1 Å². The summed E-state index contributed by atoms with van der Waals surface area (Å²) in [5.41, 5.74) is 9.98. The standard InChI is InChI=1S/C6H12F3N5/c1-2-12-5(14-4(10)11)13-3-6(7,8)9/h2-3H2,1H3,(H5,10,11,12,13,14). The minimum Gasteiger partial charge on any atom is -0.370 e. The molecule has 0 aliphatic heterocycles. The molecule has 0 rings (SSSR count). The Labute approximate surface area is 79.1 Å². The third kappa shape index (κ3) is 7.19. The molecule has 0 saturated carbocycles. The number of nitrogens with zero attached hydrogens (tertiary/aromatic N) is 2. The minimum atomic E-state index is -4.36. The van der Waals surface area contributed by atoms with Gasteiger partial charge < -0.3 is 16.8 Å². The molecule has 5 N–H and O–H groups in total. The molecule has 0 aromatic rings. The third-order valence-corrected chi connectivity index (χ3v) is 0.978. The maximum atomic E-state index is 11.7. The molecular weight excluding hydrogens is 199 g/mol. The van der Waals surface area contributed by atoms with Crippen LogP contribution in [-0.4, -0.2) is 31.2 Å². The van der Waals surface area contributed by atoms with Crippen molar-refractivity contribution >= 4 is 11.9 Å². The maximum Gasteiger partial charge on any atom is 0.408 e. The Bertz CT molecular complexity index is 228. The van der Waals surface area contributed by atoms with Crippen molar-refractivity contribution in [1.29, 1.82) is 0 Å². The van der Waals surface area contributed by atoms with E-state index in [1.54, 1.807) is 6.92 Å². The lowest BCUT2D eigenvalue weighted by molar-refractivity contribution is -0.118. The van der Waals surface area contributed by atoms with Gasteiger partial charge in [-0.3, -0.25) is 0 Å². The van der Waals surface area contributed by atoms with Crippen molar-refractivity contribution in [3.8, 4) is 0 Å². The number of halogens is 3. The van der Waals surface area contributed by atoms with E-state index >= 15 is 0 Å². The maximum absolute atomic E-state index is 11.7. The van der Waals surface area contributed by atoms with Crippen LogP contribution in [0.2, 0.25) is 0 Å². The van der Waals surface area contributed by atoms with Gasteiger partial charge in [0.25, 0.3) is 0 Å². The summed E-state index contributed by atoms with van der Waals surface area (Å²) in [4.78, 5) is 6.54. The van der Waals surface area contributed by atoms with Gasteiger partial charge in [-0.1, -0.05) is 0 Å². The van der Waals surface area contributed by atoms with Gasteiger partial charge in [0.15, 0.2) is 5.96 Å². The molecule has 0 spiro atoms. The fourth-order valence-electron chi connectivity index (χ4n) is 0.576. The predicted octanol–water partition coefficient (Wildman–Crippen LogP) is -0.212. The molecule has 0 amide bonds. The van der Waals surface area contributed by atoms with Crippen LogP contribution in [0.5, 0.6) is 0 Å². The first kappa shape index (κ1) is 12.5. The van der Waals surface area contributed by atoms with E-state index in [-0.39, 0.29) is 11.9 Å². The fraction of sp³-hybridized carbons (Fsp3) is 0.667. The number of guanidine groups is 2. The van der Waals surface area contributed by atoms with Crippen LogP contribution < -0.4 is 16.8 Å². The van der Waals surface area contributed by atoms with Crippen molar-refractivity contribution in [3.05, 3.63) is 0 Å². The van der Waals surface area contributed by atoms with Crippen LogP contribution in [0.25, 0.3) is 0 Å². The molecule has 0 fully saturated rings. The monoisotopic (exact) mass is 211 g/mol. The number of alkyl halides is 3. The predicted molar refractivity (Wildman–Crippen MR) is 47.8 cm³/mol. The van der Waals surface area contributed by atoms with Gasteiger partial charge in [0, 0.05) is 6.54 Å². The molecule has 0 unspecified atom stereocenters. The lowest BCUT2D eigenvalue weighted by Crippen LogP contribution is -2.30. The molecule has 0 heterocycles. The fourth-order valence-corrected chi connectivity index (χ4v) is 0.576. The first-order chi connectivity index (χ1) is 6.35. The van der Waals surface area contributed by atoms with E-state index in [9.17, 15) is 13.2 Å². The summed E-state index contributed by atoms with van der Waals surface area (Å²) in [6.07, 6.45) is -4.36. The highest BCUT2D eigenvalue weighted by molar-refractivity contribution is 5.93. The smallest absolute Gasteiger partial charge is 0.370 e. The van der Waals surface area contributed by atoms with E-state index in [1.807, 2.05) is 0 Å². The minimum absolute atomic E-state index is 0.218. The normalized spacial score (nSPS) is 12.4. The van der Waals surface area contributed by atoms with Gasteiger partial charge in [0.2, 0.25) is 5.96 Å². The second-order valence-electron chi connectivity index (χ2n) is 2.32. The molecule has 5 nitrogen and oxygen atoms in total. The second-order valence-corrected chi connectivity index (χ2v) is 2.32. The first-order valence-electron chi connectivity index (χ1n) is 3.80. The third-order valence-electron chi connectivity index (χ3n) is 0.978. The van der Waals surface area contributed by atoms with Gasteiger partial charge in [-0.2, -0.15) is 18.2 Å². The zero-order valence-corrected chi connectivity index (χ0v) is 7.60. The topological polar surface area (TPSA) is 88.8 Å². The molecule has 0 aliphatic rings. The summed E-state index contributed by atoms with van der Waals surface area (Å²) >= 11 is 0. The van der Waals surface area contributed by atoms with Crippen LogP contribution in [0, 0.1) is 0 Å². The molecule has 0 aliphatic carbocycles. The van der Waals surface area contributed by atoms with E-state index in [0.29, 0.717) is 6.54 Å². The number of aliphatic imine (C=N–C) groups is 2. The quantitative estimate of drug-likeness (QED) is 0.436. The van der Waals surface area contributed by atoms with Gasteiger partial charge in [0.05, 0.1) is 0 Å². The van der Waals surface area contributed by atoms with Crippen LogP contribution in [-0.2, 0) is 0 Å². The largest absolute Gasteiger partial charge is 0.408 e. The summed E-state index contributed by atoms with van der Waals surface area (Å²) in [7, 11) is 0. The zero-order chi connectivity index (χ0) is 11.2. The van der Waals surface area contributed by atoms with Crippen LogP contribution in [0.1, 0.15) is 6.92 Å². The van der Waals surface area contributed by atoms with E-state index in [1.165, 1.54) is 0 Å². The molecule has 0 aromatic heterocycles. The Balaban J connectivity index is 4.41. The van der Waals surface area contributed by atoms with Crippen molar-refractivity contribution in [2.24, 2.45) is 21.5 Å². The van der Waals surface area contributed by atoms with Gasteiger partial charge in [0.1, 0.15) is 6.54 Å². The Hall–Kier alpha value is -1.47. The number of hydrogen-bond acceptors (Lipinski definition) is 1. The second kappa shape index (κ2) is 5.30. The number of rotatable bonds is 2. The Morgan fingerprint density at radius 2 is 1.93 bits per heavy atom. The van der Waals surface area contributed by atoms with Gasteiger partial charge in [-0.25, -0.2) is 4.99 Å². The Morgan fingerprint density at radius 3 is 2.29 bits per heavy atom. The van der Waals surface area contributed by atoms with Crippen LogP contribution in [0.3, 0.4) is 0 Å². The lowest BCUT2D eigenvalue weighted by Gasteiger charge is -2.05. The van der Waals surface area contributed by atoms with Crippen molar-refractivity contribution < 1.29 is 13.2 Å². The van der Waals surface area contributed by atoms with Crippen molar-refractivity contribution in [3.63, 3.8) is 0 Å². The SMILES string of the molecule is CCNC(N=C(N)N)=NCC(F)(F)F. The highest BCUT2D eigenvalue weighted by Crippen LogP contribution is 2.14. The molecular formula is C6H12F3N5. The summed E-state index contributed by atoms with van der Waals surface area (Å²) in [6.45, 7) is 0.755. The molecule has 14 heavy (non-hydrogen) atoms. The molecule has 0 atom stereocenters. The highest BCUT2D eigenvalue weighted by atomic mass is 19.4. The molecule has 0 radical (unpaired) electrons. The molecule has 0 saturated heterocycles. The van der Waals surface area contributed by atoms with E-state index < -0.39 is 12.7 Å². The summed E-state index contributed by atoms with van der Waals surface area (Å²) < 4.78 is 35.2. The van der Waals surface area contributed by atoms with Crippen LogP contribution >= 0.6 is 0 Å². The van der Waals surface area contributed by atoms with Gasteiger partial charge in [-0.15, -0.1) is 0 Å².